The number of hydrogen-bond donors (Lipinski definition) is 1. The molecule has 13 nitrogen and oxygen atoms in total. The highest BCUT2D eigenvalue weighted by Gasteiger charge is 2.24. The molecule has 2 amide bonds. The first-order valence-electron chi connectivity index (χ1n) is 17.9. The van der Waals surface area contributed by atoms with Crippen molar-refractivity contribution in [2.24, 2.45) is 0 Å². The van der Waals surface area contributed by atoms with Crippen molar-refractivity contribution in [1.82, 2.24) is 10.4 Å². The van der Waals surface area contributed by atoms with Crippen molar-refractivity contribution in [3.63, 3.8) is 0 Å². The Morgan fingerprint density at radius 3 is 1.73 bits per heavy atom. The molecule has 0 radical (unpaired) electrons. The summed E-state index contributed by atoms with van der Waals surface area (Å²) in [5.74, 6) is -1.20. The number of carbonyl (C=O) groups is 3. The van der Waals surface area contributed by atoms with Crippen LogP contribution >= 0.6 is 0 Å². The van der Waals surface area contributed by atoms with Crippen molar-refractivity contribution < 1.29 is 52.4 Å². The predicted octanol–water partition coefficient (Wildman–Crippen LogP) is 3.11. The van der Waals surface area contributed by atoms with Gasteiger partial charge in [-0.05, 0) is 55.2 Å². The fourth-order valence-electron chi connectivity index (χ4n) is 5.22. The fourth-order valence-corrected chi connectivity index (χ4v) is 5.22. The zero-order valence-electron chi connectivity index (χ0n) is 30.1. The molecule has 1 aliphatic heterocycles. The third-order valence-electron chi connectivity index (χ3n) is 8.07. The number of likely N-dealkylation sites (tertiary alicyclic amines) is 1. The molecule has 0 aromatic heterocycles. The van der Waals surface area contributed by atoms with Crippen molar-refractivity contribution in [3.8, 4) is 0 Å². The Balaban J connectivity index is 1.11. The first kappa shape index (κ1) is 42.0. The highest BCUT2D eigenvalue weighted by molar-refractivity contribution is 5.80. The molecule has 0 aliphatic carbocycles. The quantitative estimate of drug-likeness (QED) is 0.108. The van der Waals surface area contributed by atoms with Crippen LogP contribution < -0.4 is 5.48 Å². The second-order valence-corrected chi connectivity index (χ2v) is 12.1. The molecule has 0 atom stereocenters. The van der Waals surface area contributed by atoms with Gasteiger partial charge in [0.1, 0.15) is 13.2 Å². The molecule has 1 fully saturated rings. The summed E-state index contributed by atoms with van der Waals surface area (Å²) in [6.45, 7) is 5.36. The number of aryl methyl sites for hydroxylation is 2. The van der Waals surface area contributed by atoms with Gasteiger partial charge in [0.25, 0.3) is 5.91 Å². The summed E-state index contributed by atoms with van der Waals surface area (Å²) in [4.78, 5) is 43.5. The summed E-state index contributed by atoms with van der Waals surface area (Å²) in [7, 11) is 1.63. The molecular formula is C38H56N2O11. The Labute approximate surface area is 302 Å². The highest BCUT2D eigenvalue weighted by atomic mass is 16.7. The number of methoxy groups -OCH3 is 1. The standard InChI is InChI=1S/C38H56N2O11/c1-44-19-20-45-21-22-46-23-24-47-25-26-48-27-28-49-30-37(42)40-17-15-35(16-18-40)50-31-38(43)51-39-36(41)29-34-13-11-33(12-14-34)10-6-5-9-32-7-3-2-4-8-32/h2-4,7-8,11-14,35H,5-6,9-10,15-31H2,1H3,(H,39,41). The van der Waals surface area contributed by atoms with Gasteiger partial charge >= 0.3 is 5.97 Å². The van der Waals surface area contributed by atoms with Gasteiger partial charge in [0.2, 0.25) is 5.91 Å². The van der Waals surface area contributed by atoms with E-state index in [9.17, 15) is 14.4 Å². The molecular weight excluding hydrogens is 660 g/mol. The topological polar surface area (TPSA) is 140 Å². The van der Waals surface area contributed by atoms with Crippen LogP contribution in [0.3, 0.4) is 0 Å². The molecule has 2 aromatic rings. The van der Waals surface area contributed by atoms with Crippen LogP contribution in [0.15, 0.2) is 54.6 Å². The van der Waals surface area contributed by atoms with Crippen molar-refractivity contribution >= 4 is 17.8 Å². The Morgan fingerprint density at radius 2 is 1.16 bits per heavy atom. The zero-order valence-corrected chi connectivity index (χ0v) is 30.1. The largest absolute Gasteiger partial charge is 0.382 e. The maximum atomic E-state index is 12.5. The molecule has 0 bridgehead atoms. The van der Waals surface area contributed by atoms with Crippen molar-refractivity contribution in [2.45, 2.75) is 51.0 Å². The average molecular weight is 717 g/mol. The van der Waals surface area contributed by atoms with E-state index in [1.807, 2.05) is 30.3 Å². The van der Waals surface area contributed by atoms with Gasteiger partial charge in [0, 0.05) is 20.2 Å². The molecule has 1 heterocycles. The number of amides is 2. The number of piperidine rings is 1. The smallest absolute Gasteiger partial charge is 0.357 e. The predicted molar refractivity (Wildman–Crippen MR) is 189 cm³/mol. The van der Waals surface area contributed by atoms with Crippen LogP contribution in [0, 0.1) is 0 Å². The lowest BCUT2D eigenvalue weighted by Crippen LogP contribution is -2.43. The van der Waals surface area contributed by atoms with E-state index < -0.39 is 11.9 Å². The molecule has 13 heteroatoms. The van der Waals surface area contributed by atoms with Gasteiger partial charge in [-0.1, -0.05) is 54.6 Å². The normalized spacial score (nSPS) is 13.3. The number of hydroxylamine groups is 1. The minimum atomic E-state index is -0.681. The van der Waals surface area contributed by atoms with Crippen LogP contribution in [0.4, 0.5) is 0 Å². The van der Waals surface area contributed by atoms with Gasteiger partial charge in [0.05, 0.1) is 78.6 Å². The van der Waals surface area contributed by atoms with Crippen LogP contribution in [-0.4, -0.2) is 128 Å². The maximum Gasteiger partial charge on any atom is 0.357 e. The Kier molecular flexibility index (Phi) is 22.4. The van der Waals surface area contributed by atoms with Crippen molar-refractivity contribution in [3.05, 3.63) is 71.3 Å². The molecule has 51 heavy (non-hydrogen) atoms. The number of benzene rings is 2. The second kappa shape index (κ2) is 27.3. The average Bonchev–Trinajstić information content (AvgIpc) is 3.16. The molecule has 1 aliphatic rings. The van der Waals surface area contributed by atoms with Crippen LogP contribution in [-0.2, 0) is 71.6 Å². The SMILES string of the molecule is COCCOCCOCCOCCOCCOCC(=O)N1CCC(OCC(=O)ONC(=O)Cc2ccc(CCCCc3ccccc3)cc2)CC1. The minimum Gasteiger partial charge on any atom is -0.382 e. The summed E-state index contributed by atoms with van der Waals surface area (Å²) in [5.41, 5.74) is 5.63. The lowest BCUT2D eigenvalue weighted by molar-refractivity contribution is -0.165. The molecule has 0 spiro atoms. The molecule has 0 unspecified atom stereocenters. The number of ether oxygens (including phenoxy) is 7. The third kappa shape index (κ3) is 20.3. The lowest BCUT2D eigenvalue weighted by atomic mass is 10.0. The number of nitrogens with zero attached hydrogens (tertiary/aromatic N) is 1. The molecule has 1 saturated heterocycles. The monoisotopic (exact) mass is 716 g/mol. The van der Waals surface area contributed by atoms with Gasteiger partial charge in [-0.25, -0.2) is 4.79 Å². The molecule has 1 N–H and O–H groups in total. The van der Waals surface area contributed by atoms with Gasteiger partial charge in [-0.3, -0.25) is 9.59 Å². The third-order valence-corrected chi connectivity index (χ3v) is 8.07. The van der Waals surface area contributed by atoms with Gasteiger partial charge in [-0.2, -0.15) is 5.48 Å². The molecule has 284 valence electrons. The zero-order chi connectivity index (χ0) is 36.2. The number of carbonyl (C=O) groups excluding carboxylic acids is 3. The minimum absolute atomic E-state index is 0.0245. The summed E-state index contributed by atoms with van der Waals surface area (Å²) in [6, 6.07) is 18.4. The fraction of sp³-hybridized carbons (Fsp3) is 0.605. The Morgan fingerprint density at radius 1 is 0.647 bits per heavy atom. The van der Waals surface area contributed by atoms with E-state index in [1.165, 1.54) is 11.1 Å². The lowest BCUT2D eigenvalue weighted by Gasteiger charge is -2.31. The van der Waals surface area contributed by atoms with Crippen LogP contribution in [0.25, 0.3) is 0 Å². The highest BCUT2D eigenvalue weighted by Crippen LogP contribution is 2.14. The summed E-state index contributed by atoms with van der Waals surface area (Å²) >= 11 is 0. The van der Waals surface area contributed by atoms with E-state index >= 15 is 0 Å². The first-order chi connectivity index (χ1) is 25.0. The van der Waals surface area contributed by atoms with Crippen LogP contribution in [0.2, 0.25) is 0 Å². The second-order valence-electron chi connectivity index (χ2n) is 12.1. The maximum absolute atomic E-state index is 12.5. The van der Waals surface area contributed by atoms with E-state index in [4.69, 9.17) is 38.0 Å². The Bertz CT molecular complexity index is 1210. The number of hydrogen-bond acceptors (Lipinski definition) is 11. The van der Waals surface area contributed by atoms with Crippen LogP contribution in [0.5, 0.6) is 0 Å². The number of rotatable bonds is 27. The summed E-state index contributed by atoms with van der Waals surface area (Å²) < 4.78 is 37.6. The van der Waals surface area contributed by atoms with E-state index in [1.54, 1.807) is 12.0 Å². The summed E-state index contributed by atoms with van der Waals surface area (Å²) in [5, 5.41) is 0. The van der Waals surface area contributed by atoms with Gasteiger partial charge in [-0.15, -0.1) is 0 Å². The van der Waals surface area contributed by atoms with E-state index in [0.717, 1.165) is 31.2 Å². The van der Waals surface area contributed by atoms with Crippen molar-refractivity contribution in [1.29, 1.82) is 0 Å². The molecule has 2 aromatic carbocycles. The molecule has 3 rings (SSSR count). The van der Waals surface area contributed by atoms with Crippen LogP contribution in [0.1, 0.15) is 42.4 Å². The van der Waals surface area contributed by atoms with Gasteiger partial charge < -0.3 is 42.9 Å². The van der Waals surface area contributed by atoms with Crippen molar-refractivity contribution in [2.75, 3.05) is 99.5 Å². The van der Waals surface area contributed by atoms with E-state index in [0.29, 0.717) is 92.0 Å². The number of nitrogens with one attached hydrogen (secondary N) is 1. The van der Waals surface area contributed by atoms with Gasteiger partial charge in [0.15, 0.2) is 0 Å². The number of unbranched alkanes of at least 4 members (excludes halogenated alkanes) is 1. The summed E-state index contributed by atoms with van der Waals surface area (Å²) in [6.07, 6.45) is 5.37. The first-order valence-corrected chi connectivity index (χ1v) is 17.9. The van der Waals surface area contributed by atoms with E-state index in [2.05, 4.69) is 29.7 Å². The molecule has 0 saturated carbocycles. The Hall–Kier alpha value is -3.43. The van der Waals surface area contributed by atoms with E-state index in [-0.39, 0.29) is 31.6 Å².